The van der Waals surface area contributed by atoms with E-state index in [0.717, 1.165) is 18.4 Å². The second-order valence-corrected chi connectivity index (χ2v) is 7.01. The molecule has 0 spiro atoms. The van der Waals surface area contributed by atoms with Crippen molar-refractivity contribution in [1.29, 1.82) is 0 Å². The molecule has 0 radical (unpaired) electrons. The van der Waals surface area contributed by atoms with Crippen molar-refractivity contribution in [1.82, 2.24) is 20.3 Å². The number of carbonyl (C=O) groups is 1. The van der Waals surface area contributed by atoms with Crippen molar-refractivity contribution in [3.63, 3.8) is 0 Å². The van der Waals surface area contributed by atoms with Gasteiger partial charge >= 0.3 is 0 Å². The Morgan fingerprint density at radius 1 is 1.30 bits per heavy atom. The Morgan fingerprint density at radius 2 is 2.11 bits per heavy atom. The number of methoxy groups -OCH3 is 1. The molecule has 0 bridgehead atoms. The third-order valence-corrected chi connectivity index (χ3v) is 4.77. The Balaban J connectivity index is 1.59. The summed E-state index contributed by atoms with van der Waals surface area (Å²) in [6.45, 7) is 4.23. The number of aromatic nitrogens is 3. The van der Waals surface area contributed by atoms with Gasteiger partial charge in [0.05, 0.1) is 18.1 Å². The summed E-state index contributed by atoms with van der Waals surface area (Å²) in [5.74, 6) is 1.44. The van der Waals surface area contributed by atoms with E-state index in [1.54, 1.807) is 26.3 Å². The summed E-state index contributed by atoms with van der Waals surface area (Å²) in [5, 5.41) is 6.95. The van der Waals surface area contributed by atoms with E-state index in [2.05, 4.69) is 32.5 Å². The fourth-order valence-electron chi connectivity index (χ4n) is 2.92. The molecule has 4 rings (SSSR count). The molecule has 0 aliphatic heterocycles. The number of aryl methyl sites for hydroxylation is 1. The summed E-state index contributed by atoms with van der Waals surface area (Å²) in [7, 11) is 1.56. The van der Waals surface area contributed by atoms with Gasteiger partial charge in [-0.05, 0) is 32.3 Å². The van der Waals surface area contributed by atoms with Crippen molar-refractivity contribution in [3.8, 4) is 5.88 Å². The molecule has 8 heteroatoms. The number of amides is 1. The highest BCUT2D eigenvalue weighted by Crippen LogP contribution is 2.40. The smallest absolute Gasteiger partial charge is 0.255 e. The van der Waals surface area contributed by atoms with Crippen molar-refractivity contribution < 1.29 is 13.9 Å². The molecule has 0 saturated heterocycles. The van der Waals surface area contributed by atoms with E-state index < -0.39 is 0 Å². The molecule has 3 aromatic rings. The molecule has 1 aliphatic rings. The minimum Gasteiger partial charge on any atom is -0.481 e. The maximum absolute atomic E-state index is 12.9. The first-order chi connectivity index (χ1) is 13.0. The van der Waals surface area contributed by atoms with Gasteiger partial charge in [0.2, 0.25) is 11.6 Å². The summed E-state index contributed by atoms with van der Waals surface area (Å²) in [4.78, 5) is 25.5. The number of furan rings is 1. The van der Waals surface area contributed by atoms with Gasteiger partial charge in [-0.25, -0.2) is 15.0 Å². The summed E-state index contributed by atoms with van der Waals surface area (Å²) >= 11 is 0. The summed E-state index contributed by atoms with van der Waals surface area (Å²) < 4.78 is 10.7. The SMILES string of the molecule is COc1ccc(CNC(=O)c2c(C)oc3ncnc(NC4(C)CC4)c23)cn1. The average molecular weight is 367 g/mol. The second kappa shape index (κ2) is 6.53. The van der Waals surface area contributed by atoms with Crippen molar-refractivity contribution in [2.75, 3.05) is 12.4 Å². The van der Waals surface area contributed by atoms with Gasteiger partial charge < -0.3 is 19.8 Å². The maximum Gasteiger partial charge on any atom is 0.255 e. The molecule has 0 aromatic carbocycles. The highest BCUT2D eigenvalue weighted by molar-refractivity contribution is 6.10. The van der Waals surface area contributed by atoms with E-state index in [0.29, 0.717) is 40.7 Å². The van der Waals surface area contributed by atoms with Gasteiger partial charge in [0.25, 0.3) is 5.91 Å². The monoisotopic (exact) mass is 367 g/mol. The lowest BCUT2D eigenvalue weighted by atomic mass is 10.1. The van der Waals surface area contributed by atoms with Crippen molar-refractivity contribution >= 4 is 22.8 Å². The van der Waals surface area contributed by atoms with Gasteiger partial charge in [0.1, 0.15) is 17.9 Å². The number of carbonyl (C=O) groups excluding carboxylic acids is 1. The molecule has 1 amide bonds. The van der Waals surface area contributed by atoms with E-state index >= 15 is 0 Å². The molecule has 1 aliphatic carbocycles. The van der Waals surface area contributed by atoms with Crippen LogP contribution in [0.5, 0.6) is 5.88 Å². The van der Waals surface area contributed by atoms with Crippen LogP contribution < -0.4 is 15.4 Å². The number of hydrogen-bond donors (Lipinski definition) is 2. The number of nitrogens with zero attached hydrogens (tertiary/aromatic N) is 3. The van der Waals surface area contributed by atoms with Crippen molar-refractivity contribution in [2.24, 2.45) is 0 Å². The highest BCUT2D eigenvalue weighted by atomic mass is 16.5. The third kappa shape index (κ3) is 3.42. The standard InChI is InChI=1S/C19H21N5O3/c1-11-14(17(25)21-9-12-4-5-13(26-3)20-8-12)15-16(24-19(2)6-7-19)22-10-23-18(15)27-11/h4-5,8,10H,6-7,9H2,1-3H3,(H,21,25)(H,22,23,24). The van der Waals surface area contributed by atoms with Gasteiger partial charge in [0.15, 0.2) is 0 Å². The van der Waals surface area contributed by atoms with Crippen LogP contribution in [-0.4, -0.2) is 33.5 Å². The van der Waals surface area contributed by atoms with Crippen LogP contribution in [0.4, 0.5) is 5.82 Å². The van der Waals surface area contributed by atoms with Crippen LogP contribution in [0.2, 0.25) is 0 Å². The van der Waals surface area contributed by atoms with E-state index in [-0.39, 0.29) is 11.4 Å². The molecular formula is C19H21N5O3. The number of fused-ring (bicyclic) bond motifs is 1. The molecule has 2 N–H and O–H groups in total. The first-order valence-electron chi connectivity index (χ1n) is 8.78. The topological polar surface area (TPSA) is 102 Å². The molecule has 1 saturated carbocycles. The minimum atomic E-state index is -0.235. The molecule has 3 heterocycles. The molecule has 0 atom stereocenters. The fraction of sp³-hybridized carbons (Fsp3) is 0.368. The van der Waals surface area contributed by atoms with Crippen LogP contribution in [0.15, 0.2) is 29.1 Å². The first-order valence-corrected chi connectivity index (χ1v) is 8.78. The lowest BCUT2D eigenvalue weighted by Crippen LogP contribution is -2.24. The van der Waals surface area contributed by atoms with Gasteiger partial charge in [-0.15, -0.1) is 0 Å². The van der Waals surface area contributed by atoms with E-state index in [1.807, 2.05) is 6.07 Å². The lowest BCUT2D eigenvalue weighted by molar-refractivity contribution is 0.0951. The quantitative estimate of drug-likeness (QED) is 0.690. The molecule has 8 nitrogen and oxygen atoms in total. The Hall–Kier alpha value is -3.16. The zero-order chi connectivity index (χ0) is 19.0. The maximum atomic E-state index is 12.9. The van der Waals surface area contributed by atoms with Crippen LogP contribution >= 0.6 is 0 Å². The van der Waals surface area contributed by atoms with Crippen LogP contribution in [0.3, 0.4) is 0 Å². The van der Waals surface area contributed by atoms with Crippen molar-refractivity contribution in [3.05, 3.63) is 41.5 Å². The Labute approximate surface area is 156 Å². The second-order valence-electron chi connectivity index (χ2n) is 7.01. The molecule has 140 valence electrons. The zero-order valence-corrected chi connectivity index (χ0v) is 15.5. The average Bonchev–Trinajstić information content (AvgIpc) is 3.28. The molecule has 0 unspecified atom stereocenters. The fourth-order valence-corrected chi connectivity index (χ4v) is 2.92. The number of anilines is 1. The molecular weight excluding hydrogens is 346 g/mol. The van der Waals surface area contributed by atoms with Crippen LogP contribution in [0, 0.1) is 6.92 Å². The zero-order valence-electron chi connectivity index (χ0n) is 15.5. The third-order valence-electron chi connectivity index (χ3n) is 4.77. The number of rotatable bonds is 6. The number of ether oxygens (including phenoxy) is 1. The summed E-state index contributed by atoms with van der Waals surface area (Å²) in [6.07, 6.45) is 5.26. The van der Waals surface area contributed by atoms with Crippen molar-refractivity contribution in [2.45, 2.75) is 38.8 Å². The van der Waals surface area contributed by atoms with Crippen LogP contribution in [0.25, 0.3) is 11.1 Å². The number of pyridine rings is 1. The molecule has 27 heavy (non-hydrogen) atoms. The van der Waals surface area contributed by atoms with Gasteiger partial charge in [-0.2, -0.15) is 0 Å². The molecule has 3 aromatic heterocycles. The predicted octanol–water partition coefficient (Wildman–Crippen LogP) is 2.83. The Morgan fingerprint density at radius 3 is 2.78 bits per heavy atom. The van der Waals surface area contributed by atoms with Gasteiger partial charge in [-0.3, -0.25) is 4.79 Å². The minimum absolute atomic E-state index is 0.0228. The van der Waals surface area contributed by atoms with E-state index in [1.165, 1.54) is 6.33 Å². The largest absolute Gasteiger partial charge is 0.481 e. The van der Waals surface area contributed by atoms with Crippen LogP contribution in [0.1, 0.15) is 41.4 Å². The number of nitrogens with one attached hydrogen (secondary N) is 2. The molecule has 1 fully saturated rings. The van der Waals surface area contributed by atoms with E-state index in [4.69, 9.17) is 9.15 Å². The normalized spacial score (nSPS) is 14.8. The number of hydrogen-bond acceptors (Lipinski definition) is 7. The van der Waals surface area contributed by atoms with E-state index in [9.17, 15) is 4.79 Å². The van der Waals surface area contributed by atoms with Gasteiger partial charge in [-0.1, -0.05) is 6.07 Å². The first kappa shape index (κ1) is 17.3. The lowest BCUT2D eigenvalue weighted by Gasteiger charge is -2.13. The van der Waals surface area contributed by atoms with Gasteiger partial charge in [0, 0.05) is 24.3 Å². The van der Waals surface area contributed by atoms with Crippen LogP contribution in [-0.2, 0) is 6.54 Å². The summed E-state index contributed by atoms with van der Waals surface area (Å²) in [5.41, 5.74) is 1.76. The Bertz CT molecular complexity index is 992. The predicted molar refractivity (Wildman–Crippen MR) is 99.8 cm³/mol. The summed E-state index contributed by atoms with van der Waals surface area (Å²) in [6, 6.07) is 3.61. The Kier molecular flexibility index (Phi) is 4.18. The highest BCUT2D eigenvalue weighted by Gasteiger charge is 2.38.